The Labute approximate surface area is 128 Å². The van der Waals surface area contributed by atoms with E-state index in [0.29, 0.717) is 25.4 Å². The topological polar surface area (TPSA) is 56.7 Å². The van der Waals surface area contributed by atoms with Crippen LogP contribution in [0.2, 0.25) is 0 Å². The molecule has 1 saturated carbocycles. The zero-order valence-corrected chi connectivity index (χ0v) is 13.4. The van der Waals surface area contributed by atoms with E-state index in [-0.39, 0.29) is 5.91 Å². The average Bonchev–Trinajstić information content (AvgIpc) is 3.15. The summed E-state index contributed by atoms with van der Waals surface area (Å²) in [5, 5.41) is 6.34. The van der Waals surface area contributed by atoms with Crippen molar-refractivity contribution in [3.63, 3.8) is 0 Å². The molecule has 0 radical (unpaired) electrons. The third-order valence-corrected chi connectivity index (χ3v) is 4.38. The van der Waals surface area contributed by atoms with E-state index in [1.165, 1.54) is 38.5 Å². The fourth-order valence-corrected chi connectivity index (χ4v) is 3.26. The molecule has 1 aliphatic heterocycles. The summed E-state index contributed by atoms with van der Waals surface area (Å²) in [6.07, 6.45) is 8.26. The predicted octanol–water partition coefficient (Wildman–Crippen LogP) is 1.74. The Morgan fingerprint density at radius 3 is 2.52 bits per heavy atom. The van der Waals surface area contributed by atoms with Gasteiger partial charge in [0.25, 0.3) is 0 Å². The van der Waals surface area contributed by atoms with E-state index < -0.39 is 0 Å². The van der Waals surface area contributed by atoms with Gasteiger partial charge in [-0.3, -0.25) is 9.79 Å². The first-order valence-electron chi connectivity index (χ1n) is 8.59. The first kappa shape index (κ1) is 16.1. The normalized spacial score (nSPS) is 20.0. The highest BCUT2D eigenvalue weighted by Gasteiger charge is 2.18. The molecule has 5 nitrogen and oxygen atoms in total. The summed E-state index contributed by atoms with van der Waals surface area (Å²) in [5.74, 6) is 1.82. The molecule has 0 aromatic rings. The SMILES string of the molecule is CCNC(=NCCNC(=O)CC1CCCC1)N1CCCC1. The van der Waals surface area contributed by atoms with Crippen LogP contribution < -0.4 is 10.6 Å². The molecule has 1 amide bonds. The van der Waals surface area contributed by atoms with Crippen LogP contribution in [0.25, 0.3) is 0 Å². The Bertz CT molecular complexity index is 344. The van der Waals surface area contributed by atoms with E-state index in [9.17, 15) is 4.79 Å². The minimum atomic E-state index is 0.197. The third-order valence-electron chi connectivity index (χ3n) is 4.38. The largest absolute Gasteiger partial charge is 0.357 e. The molecule has 0 atom stereocenters. The van der Waals surface area contributed by atoms with Crippen LogP contribution in [0.4, 0.5) is 0 Å². The van der Waals surface area contributed by atoms with Crippen molar-refractivity contribution in [2.75, 3.05) is 32.7 Å². The molecule has 2 rings (SSSR count). The number of hydrogen-bond donors (Lipinski definition) is 2. The fourth-order valence-electron chi connectivity index (χ4n) is 3.26. The van der Waals surface area contributed by atoms with Gasteiger partial charge in [0.1, 0.15) is 0 Å². The van der Waals surface area contributed by atoms with Crippen LogP contribution in [-0.4, -0.2) is 49.5 Å². The van der Waals surface area contributed by atoms with E-state index in [2.05, 4.69) is 27.4 Å². The first-order chi connectivity index (χ1) is 10.3. The third kappa shape index (κ3) is 5.56. The van der Waals surface area contributed by atoms with E-state index in [1.54, 1.807) is 0 Å². The van der Waals surface area contributed by atoms with E-state index in [1.807, 2.05) is 0 Å². The van der Waals surface area contributed by atoms with Crippen molar-refractivity contribution >= 4 is 11.9 Å². The molecule has 0 bridgehead atoms. The van der Waals surface area contributed by atoms with Gasteiger partial charge in [-0.2, -0.15) is 0 Å². The van der Waals surface area contributed by atoms with Crippen molar-refractivity contribution < 1.29 is 4.79 Å². The van der Waals surface area contributed by atoms with Crippen LogP contribution in [0.1, 0.15) is 51.9 Å². The summed E-state index contributed by atoms with van der Waals surface area (Å²) < 4.78 is 0. The average molecular weight is 294 g/mol. The molecule has 2 fully saturated rings. The minimum Gasteiger partial charge on any atom is -0.357 e. The summed E-state index contributed by atoms with van der Waals surface area (Å²) in [6, 6.07) is 0. The summed E-state index contributed by atoms with van der Waals surface area (Å²) in [6.45, 7) is 6.49. The van der Waals surface area contributed by atoms with Crippen LogP contribution in [0.3, 0.4) is 0 Å². The van der Waals surface area contributed by atoms with Crippen LogP contribution in [0, 0.1) is 5.92 Å². The molecular weight excluding hydrogens is 264 g/mol. The number of nitrogens with zero attached hydrogens (tertiary/aromatic N) is 2. The maximum atomic E-state index is 11.8. The monoisotopic (exact) mass is 294 g/mol. The Morgan fingerprint density at radius 1 is 1.14 bits per heavy atom. The highest BCUT2D eigenvalue weighted by molar-refractivity contribution is 5.80. The van der Waals surface area contributed by atoms with Gasteiger partial charge in [0.15, 0.2) is 5.96 Å². The summed E-state index contributed by atoms with van der Waals surface area (Å²) >= 11 is 0. The van der Waals surface area contributed by atoms with Crippen LogP contribution in [-0.2, 0) is 4.79 Å². The minimum absolute atomic E-state index is 0.197. The van der Waals surface area contributed by atoms with Gasteiger partial charge in [0, 0.05) is 32.6 Å². The standard InChI is InChI=1S/C16H30N4O/c1-2-17-16(20-11-5-6-12-20)19-10-9-18-15(21)13-14-7-3-4-8-14/h14H,2-13H2,1H3,(H,17,19)(H,18,21). The van der Waals surface area contributed by atoms with Gasteiger partial charge in [-0.25, -0.2) is 0 Å². The zero-order chi connectivity index (χ0) is 14.9. The summed E-state index contributed by atoms with van der Waals surface area (Å²) in [4.78, 5) is 18.8. The molecule has 0 spiro atoms. The number of likely N-dealkylation sites (tertiary alicyclic amines) is 1. The number of nitrogens with one attached hydrogen (secondary N) is 2. The quantitative estimate of drug-likeness (QED) is 0.446. The molecule has 0 unspecified atom stereocenters. The molecule has 1 saturated heterocycles. The second-order valence-electron chi connectivity index (χ2n) is 6.13. The van der Waals surface area contributed by atoms with Gasteiger partial charge in [0.05, 0.1) is 6.54 Å². The lowest BCUT2D eigenvalue weighted by Gasteiger charge is -2.20. The van der Waals surface area contributed by atoms with Gasteiger partial charge in [0.2, 0.25) is 5.91 Å². The lowest BCUT2D eigenvalue weighted by atomic mass is 10.0. The number of amides is 1. The van der Waals surface area contributed by atoms with Gasteiger partial charge in [-0.05, 0) is 38.5 Å². The molecule has 21 heavy (non-hydrogen) atoms. The van der Waals surface area contributed by atoms with Gasteiger partial charge >= 0.3 is 0 Å². The van der Waals surface area contributed by atoms with Crippen LogP contribution >= 0.6 is 0 Å². The number of guanidine groups is 1. The number of carbonyl (C=O) groups is 1. The summed E-state index contributed by atoms with van der Waals surface area (Å²) in [7, 11) is 0. The van der Waals surface area contributed by atoms with E-state index >= 15 is 0 Å². The second kappa shape index (κ2) is 8.90. The van der Waals surface area contributed by atoms with Crippen molar-refractivity contribution in [3.05, 3.63) is 0 Å². The lowest BCUT2D eigenvalue weighted by Crippen LogP contribution is -2.40. The van der Waals surface area contributed by atoms with Crippen molar-refractivity contribution in [3.8, 4) is 0 Å². The second-order valence-corrected chi connectivity index (χ2v) is 6.13. The van der Waals surface area contributed by atoms with E-state index in [4.69, 9.17) is 0 Å². The van der Waals surface area contributed by atoms with Gasteiger partial charge < -0.3 is 15.5 Å². The number of rotatable bonds is 6. The zero-order valence-electron chi connectivity index (χ0n) is 13.4. The predicted molar refractivity (Wildman–Crippen MR) is 86.4 cm³/mol. The van der Waals surface area contributed by atoms with E-state index in [0.717, 1.165) is 25.6 Å². The molecule has 2 aliphatic rings. The van der Waals surface area contributed by atoms with Crippen molar-refractivity contribution in [2.45, 2.75) is 51.9 Å². The highest BCUT2D eigenvalue weighted by Crippen LogP contribution is 2.27. The van der Waals surface area contributed by atoms with Crippen molar-refractivity contribution in [1.82, 2.24) is 15.5 Å². The molecule has 120 valence electrons. The molecule has 1 heterocycles. The maximum absolute atomic E-state index is 11.8. The van der Waals surface area contributed by atoms with Gasteiger partial charge in [-0.1, -0.05) is 12.8 Å². The lowest BCUT2D eigenvalue weighted by molar-refractivity contribution is -0.121. The fraction of sp³-hybridized carbons (Fsp3) is 0.875. The number of aliphatic imine (C=N–C) groups is 1. The van der Waals surface area contributed by atoms with Crippen molar-refractivity contribution in [2.24, 2.45) is 10.9 Å². The Hall–Kier alpha value is -1.26. The molecule has 1 aliphatic carbocycles. The highest BCUT2D eigenvalue weighted by atomic mass is 16.1. The molecular formula is C16H30N4O. The number of hydrogen-bond acceptors (Lipinski definition) is 2. The smallest absolute Gasteiger partial charge is 0.220 e. The maximum Gasteiger partial charge on any atom is 0.220 e. The molecule has 2 N–H and O–H groups in total. The number of carbonyl (C=O) groups excluding carboxylic acids is 1. The summed E-state index contributed by atoms with van der Waals surface area (Å²) in [5.41, 5.74) is 0. The molecule has 5 heteroatoms. The Morgan fingerprint density at radius 2 is 1.86 bits per heavy atom. The van der Waals surface area contributed by atoms with Gasteiger partial charge in [-0.15, -0.1) is 0 Å². The Kier molecular flexibility index (Phi) is 6.83. The Balaban J connectivity index is 1.65. The molecule has 0 aromatic carbocycles. The first-order valence-corrected chi connectivity index (χ1v) is 8.59. The van der Waals surface area contributed by atoms with Crippen molar-refractivity contribution in [1.29, 1.82) is 0 Å². The van der Waals surface area contributed by atoms with Crippen LogP contribution in [0.5, 0.6) is 0 Å². The molecule has 0 aromatic heterocycles. The van der Waals surface area contributed by atoms with Crippen LogP contribution in [0.15, 0.2) is 4.99 Å².